The van der Waals surface area contributed by atoms with E-state index in [-0.39, 0.29) is 12.5 Å². The fourth-order valence-electron chi connectivity index (χ4n) is 5.70. The fraction of sp³-hybridized carbons (Fsp3) is 0.237. The van der Waals surface area contributed by atoms with Crippen LogP contribution in [-0.4, -0.2) is 65.7 Å². The number of alkyl carbamates (subject to hydrolysis) is 1. The van der Waals surface area contributed by atoms with Crippen LogP contribution in [0, 0.1) is 0 Å². The topological polar surface area (TPSA) is 131 Å². The van der Waals surface area contributed by atoms with Crippen molar-refractivity contribution < 1.29 is 42.8 Å². The maximum absolute atomic E-state index is 13.5. The average molecular weight is 667 g/mol. The van der Waals surface area contributed by atoms with Gasteiger partial charge in [-0.2, -0.15) is 0 Å². The number of amides is 2. The van der Waals surface area contributed by atoms with Crippen LogP contribution in [0.15, 0.2) is 78.9 Å². The van der Waals surface area contributed by atoms with Gasteiger partial charge in [-0.3, -0.25) is 9.59 Å². The number of esters is 1. The van der Waals surface area contributed by atoms with Gasteiger partial charge in [0.2, 0.25) is 5.75 Å². The van der Waals surface area contributed by atoms with E-state index in [0.717, 1.165) is 33.4 Å². The van der Waals surface area contributed by atoms with E-state index in [4.69, 9.17) is 28.4 Å². The van der Waals surface area contributed by atoms with Gasteiger partial charge in [-0.1, -0.05) is 66.7 Å². The van der Waals surface area contributed by atoms with Gasteiger partial charge in [0.1, 0.15) is 25.0 Å². The number of methoxy groups -OCH3 is 4. The lowest BCUT2D eigenvalue weighted by Gasteiger charge is -2.20. The summed E-state index contributed by atoms with van der Waals surface area (Å²) in [7, 11) is 6.09. The third kappa shape index (κ3) is 7.95. The highest BCUT2D eigenvalue weighted by Gasteiger charge is 2.30. The molecule has 0 heterocycles. The Morgan fingerprint density at radius 3 is 1.88 bits per heavy atom. The van der Waals surface area contributed by atoms with Crippen molar-refractivity contribution in [2.24, 2.45) is 0 Å². The van der Waals surface area contributed by atoms with E-state index in [1.54, 1.807) is 38.5 Å². The zero-order valence-corrected chi connectivity index (χ0v) is 27.9. The van der Waals surface area contributed by atoms with Crippen LogP contribution in [0.25, 0.3) is 23.3 Å². The van der Waals surface area contributed by atoms with E-state index >= 15 is 0 Å². The Balaban J connectivity index is 1.30. The predicted octanol–water partition coefficient (Wildman–Crippen LogP) is 6.30. The Bertz CT molecular complexity index is 1800. The Kier molecular flexibility index (Phi) is 11.0. The SMILES string of the molecule is COc1ccc(C=Cc2cc(OC)c(OC)c(OC)c2)cc1NC(=O)C(COC(C)=O)NC(=O)OCC1c2ccccc2-c2ccccc21. The number of hydrogen-bond acceptors (Lipinski definition) is 9. The molecule has 2 amide bonds. The molecule has 254 valence electrons. The summed E-state index contributed by atoms with van der Waals surface area (Å²) >= 11 is 0. The molecule has 2 N–H and O–H groups in total. The zero-order chi connectivity index (χ0) is 34.9. The number of carbonyl (C=O) groups is 3. The number of ether oxygens (including phenoxy) is 6. The van der Waals surface area contributed by atoms with E-state index < -0.39 is 30.6 Å². The molecule has 0 saturated heterocycles. The van der Waals surface area contributed by atoms with E-state index in [1.807, 2.05) is 66.7 Å². The maximum Gasteiger partial charge on any atom is 0.407 e. The van der Waals surface area contributed by atoms with Crippen molar-refractivity contribution in [1.29, 1.82) is 0 Å². The highest BCUT2D eigenvalue weighted by atomic mass is 16.6. The summed E-state index contributed by atoms with van der Waals surface area (Å²) in [4.78, 5) is 38.2. The lowest BCUT2D eigenvalue weighted by molar-refractivity contribution is -0.142. The highest BCUT2D eigenvalue weighted by molar-refractivity contribution is 5.98. The summed E-state index contributed by atoms with van der Waals surface area (Å²) in [6.07, 6.45) is 2.85. The summed E-state index contributed by atoms with van der Waals surface area (Å²) in [5.41, 5.74) is 6.13. The van der Waals surface area contributed by atoms with Crippen LogP contribution in [0.2, 0.25) is 0 Å². The largest absolute Gasteiger partial charge is 0.495 e. The first-order chi connectivity index (χ1) is 23.8. The Morgan fingerprint density at radius 1 is 0.714 bits per heavy atom. The number of rotatable bonds is 13. The molecule has 0 fully saturated rings. The second-order valence-corrected chi connectivity index (χ2v) is 11.1. The second kappa shape index (κ2) is 15.7. The van der Waals surface area contributed by atoms with Crippen LogP contribution in [0.5, 0.6) is 23.0 Å². The van der Waals surface area contributed by atoms with Crippen molar-refractivity contribution in [3.8, 4) is 34.1 Å². The zero-order valence-electron chi connectivity index (χ0n) is 27.9. The molecule has 11 heteroatoms. The average Bonchev–Trinajstić information content (AvgIpc) is 3.44. The van der Waals surface area contributed by atoms with Crippen molar-refractivity contribution in [3.63, 3.8) is 0 Å². The monoisotopic (exact) mass is 666 g/mol. The lowest BCUT2D eigenvalue weighted by Crippen LogP contribution is -2.47. The molecule has 0 bridgehead atoms. The van der Waals surface area contributed by atoms with Crippen LogP contribution >= 0.6 is 0 Å². The minimum Gasteiger partial charge on any atom is -0.495 e. The second-order valence-electron chi connectivity index (χ2n) is 11.1. The van der Waals surface area contributed by atoms with Crippen molar-refractivity contribution in [2.45, 2.75) is 18.9 Å². The summed E-state index contributed by atoms with van der Waals surface area (Å²) < 4.78 is 32.5. The van der Waals surface area contributed by atoms with Crippen molar-refractivity contribution in [3.05, 3.63) is 101 Å². The molecule has 4 aromatic rings. The Labute approximate surface area is 284 Å². The van der Waals surface area contributed by atoms with Gasteiger partial charge in [-0.15, -0.1) is 0 Å². The molecule has 0 saturated carbocycles. The van der Waals surface area contributed by atoms with Crippen LogP contribution in [0.1, 0.15) is 35.1 Å². The van der Waals surface area contributed by atoms with Gasteiger partial charge in [-0.25, -0.2) is 4.79 Å². The Morgan fingerprint density at radius 2 is 1.31 bits per heavy atom. The molecule has 49 heavy (non-hydrogen) atoms. The van der Waals surface area contributed by atoms with Crippen molar-refractivity contribution >= 4 is 35.8 Å². The van der Waals surface area contributed by atoms with Gasteiger partial charge in [0.15, 0.2) is 11.5 Å². The first kappa shape index (κ1) is 34.4. The molecular weight excluding hydrogens is 628 g/mol. The summed E-state index contributed by atoms with van der Waals surface area (Å²) in [5, 5.41) is 5.34. The molecular formula is C38H38N2O9. The number of benzene rings is 4. The third-order valence-corrected chi connectivity index (χ3v) is 8.04. The first-order valence-corrected chi connectivity index (χ1v) is 15.5. The van der Waals surface area contributed by atoms with Gasteiger partial charge in [0, 0.05) is 12.8 Å². The molecule has 0 radical (unpaired) electrons. The van der Waals surface area contributed by atoms with Crippen molar-refractivity contribution in [1.82, 2.24) is 5.32 Å². The minimum absolute atomic E-state index is 0.0515. The number of anilines is 1. The standard InChI is InChI=1S/C38H38N2O9/c1-23(41)48-22-32(40-38(43)49-21-30-28-12-8-6-10-26(28)27-11-7-9-13-29(27)30)37(42)39-31-18-24(16-17-33(31)44-2)14-15-25-19-34(45-3)36(47-5)35(20-25)46-4/h6-20,30,32H,21-22H2,1-5H3,(H,39,42)(H,40,43). The predicted molar refractivity (Wildman–Crippen MR) is 185 cm³/mol. The van der Waals surface area contributed by atoms with E-state index in [1.165, 1.54) is 21.1 Å². The van der Waals surface area contributed by atoms with E-state index in [2.05, 4.69) is 10.6 Å². The van der Waals surface area contributed by atoms with Gasteiger partial charge < -0.3 is 39.1 Å². The van der Waals surface area contributed by atoms with Crippen LogP contribution in [0.4, 0.5) is 10.5 Å². The third-order valence-electron chi connectivity index (χ3n) is 8.04. The van der Waals surface area contributed by atoms with Gasteiger partial charge in [-0.05, 0) is 57.6 Å². The smallest absolute Gasteiger partial charge is 0.407 e. The molecule has 1 atom stereocenters. The molecule has 11 nitrogen and oxygen atoms in total. The van der Waals surface area contributed by atoms with Crippen LogP contribution in [0.3, 0.4) is 0 Å². The number of nitrogens with one attached hydrogen (secondary N) is 2. The number of carbonyl (C=O) groups excluding carboxylic acids is 3. The molecule has 4 aromatic carbocycles. The molecule has 0 spiro atoms. The molecule has 5 rings (SSSR count). The molecule has 1 aliphatic rings. The maximum atomic E-state index is 13.5. The first-order valence-electron chi connectivity index (χ1n) is 15.5. The minimum atomic E-state index is -1.26. The summed E-state index contributed by atoms with van der Waals surface area (Å²) in [6, 6.07) is 23.5. The van der Waals surface area contributed by atoms with E-state index in [9.17, 15) is 14.4 Å². The van der Waals surface area contributed by atoms with Gasteiger partial charge in [0.25, 0.3) is 5.91 Å². The Hall–Kier alpha value is -5.97. The van der Waals surface area contributed by atoms with Crippen LogP contribution < -0.4 is 29.6 Å². The lowest BCUT2D eigenvalue weighted by atomic mass is 9.98. The fourth-order valence-corrected chi connectivity index (χ4v) is 5.70. The number of hydrogen-bond donors (Lipinski definition) is 2. The molecule has 1 aliphatic carbocycles. The van der Waals surface area contributed by atoms with E-state index in [0.29, 0.717) is 28.7 Å². The van der Waals surface area contributed by atoms with Crippen LogP contribution in [-0.2, 0) is 19.1 Å². The van der Waals surface area contributed by atoms with Gasteiger partial charge in [0.05, 0.1) is 34.1 Å². The van der Waals surface area contributed by atoms with Gasteiger partial charge >= 0.3 is 12.1 Å². The quantitative estimate of drug-likeness (QED) is 0.125. The molecule has 0 aromatic heterocycles. The van der Waals surface area contributed by atoms with Crippen molar-refractivity contribution in [2.75, 3.05) is 47.0 Å². The summed E-state index contributed by atoms with van der Waals surface area (Å²) in [5.74, 6) is 0.456. The molecule has 0 aliphatic heterocycles. The number of fused-ring (bicyclic) bond motifs is 3. The molecule has 1 unspecified atom stereocenters. The normalized spacial score (nSPS) is 12.3. The highest BCUT2D eigenvalue weighted by Crippen LogP contribution is 2.44. The summed E-state index contributed by atoms with van der Waals surface area (Å²) in [6.45, 7) is 0.861.